The average Bonchev–Trinajstić information content (AvgIpc) is 3.34. The van der Waals surface area contributed by atoms with E-state index in [0.717, 1.165) is 122 Å². The van der Waals surface area contributed by atoms with Gasteiger partial charge in [0.15, 0.2) is 0 Å². The van der Waals surface area contributed by atoms with Gasteiger partial charge in [0.1, 0.15) is 13.2 Å². The van der Waals surface area contributed by atoms with E-state index in [-0.39, 0.29) is 19.1 Å². The van der Waals surface area contributed by atoms with Gasteiger partial charge < -0.3 is 19.8 Å². The molecule has 3 atom stereocenters. The van der Waals surface area contributed by atoms with Crippen molar-refractivity contribution in [1.82, 2.24) is 5.32 Å². The summed E-state index contributed by atoms with van der Waals surface area (Å²) in [5.74, 6) is -0.164. The zero-order chi connectivity index (χ0) is 52.7. The molecule has 0 fully saturated rings. The van der Waals surface area contributed by atoms with Gasteiger partial charge in [0, 0.05) is 6.42 Å². The first-order valence-electron chi connectivity index (χ1n) is 28.5. The number of phosphoric acid groups is 1. The summed E-state index contributed by atoms with van der Waals surface area (Å²) in [5.41, 5.74) is 0. The summed E-state index contributed by atoms with van der Waals surface area (Å²) in [5, 5.41) is 13.9. The Labute approximate surface area is 443 Å². The monoisotopic (exact) mass is 1020 g/mol. The Kier molecular flexibility index (Phi) is 50.1. The zero-order valence-electron chi connectivity index (χ0n) is 46.6. The molecule has 0 aliphatic rings. The van der Waals surface area contributed by atoms with Crippen molar-refractivity contribution in [3.05, 3.63) is 134 Å². The lowest BCUT2D eigenvalue weighted by atomic mass is 10.0. The summed E-state index contributed by atoms with van der Waals surface area (Å²) >= 11 is 0. The summed E-state index contributed by atoms with van der Waals surface area (Å²) in [6.45, 7) is 4.71. The summed E-state index contributed by atoms with van der Waals surface area (Å²) < 4.78 is 23.6. The summed E-state index contributed by atoms with van der Waals surface area (Å²) in [6.07, 6.45) is 79.5. The molecule has 9 heteroatoms. The molecule has 0 aromatic heterocycles. The van der Waals surface area contributed by atoms with E-state index < -0.39 is 20.0 Å². The predicted molar refractivity (Wildman–Crippen MR) is 313 cm³/mol. The Bertz CT molecular complexity index is 1630. The molecular weight excluding hydrogens is 912 g/mol. The molecule has 410 valence electrons. The highest BCUT2D eigenvalue weighted by molar-refractivity contribution is 7.47. The topological polar surface area (TPSA) is 105 Å². The van der Waals surface area contributed by atoms with E-state index in [4.69, 9.17) is 9.05 Å². The first-order chi connectivity index (χ1) is 35.0. The number of carbonyl (C=O) groups excluding carboxylic acids is 1. The number of unbranched alkanes of at least 4 members (excludes halogenated alkanes) is 15. The number of aliphatic hydroxyl groups is 1. The summed E-state index contributed by atoms with van der Waals surface area (Å²) in [4.78, 5) is 23.2. The van der Waals surface area contributed by atoms with Crippen LogP contribution in [-0.2, 0) is 18.4 Å². The van der Waals surface area contributed by atoms with E-state index in [1.54, 1.807) is 0 Å². The lowest BCUT2D eigenvalue weighted by molar-refractivity contribution is -0.870. The molecule has 0 bridgehead atoms. The third kappa shape index (κ3) is 54.4. The second-order valence-corrected chi connectivity index (χ2v) is 21.4. The number of aliphatic hydroxyl groups excluding tert-OH is 1. The van der Waals surface area contributed by atoms with Gasteiger partial charge >= 0.3 is 7.82 Å². The molecule has 0 aliphatic carbocycles. The third-order valence-corrected chi connectivity index (χ3v) is 12.9. The van der Waals surface area contributed by atoms with Gasteiger partial charge in [-0.05, 0) is 96.3 Å². The van der Waals surface area contributed by atoms with E-state index in [0.29, 0.717) is 23.9 Å². The molecule has 0 saturated heterocycles. The minimum absolute atomic E-state index is 0.0656. The summed E-state index contributed by atoms with van der Waals surface area (Å²) in [6, 6.07) is -0.773. The molecule has 1 amide bonds. The van der Waals surface area contributed by atoms with Crippen LogP contribution in [0.4, 0.5) is 0 Å². The number of amides is 1. The van der Waals surface area contributed by atoms with Gasteiger partial charge in [-0.25, -0.2) is 4.57 Å². The Morgan fingerprint density at radius 3 is 1.22 bits per heavy atom. The van der Waals surface area contributed by atoms with Crippen LogP contribution >= 0.6 is 7.82 Å². The Morgan fingerprint density at radius 2 is 0.833 bits per heavy atom. The summed E-state index contributed by atoms with van der Waals surface area (Å²) in [7, 11) is 1.59. The van der Waals surface area contributed by atoms with Crippen LogP contribution in [0.15, 0.2) is 134 Å². The second kappa shape index (κ2) is 52.5. The number of allylic oxidation sites excluding steroid dienone is 22. The maximum absolute atomic E-state index is 12.9. The molecule has 0 aromatic rings. The van der Waals surface area contributed by atoms with Crippen LogP contribution < -0.4 is 5.32 Å². The van der Waals surface area contributed by atoms with Crippen molar-refractivity contribution in [2.75, 3.05) is 40.9 Å². The Morgan fingerprint density at radius 1 is 0.486 bits per heavy atom. The molecule has 0 spiro atoms. The Hall–Kier alpha value is -3.36. The molecule has 0 aliphatic heterocycles. The highest BCUT2D eigenvalue weighted by Gasteiger charge is 2.28. The Balaban J connectivity index is 4.05. The molecule has 0 heterocycles. The van der Waals surface area contributed by atoms with Gasteiger partial charge in [-0.3, -0.25) is 13.8 Å². The van der Waals surface area contributed by atoms with Gasteiger partial charge in [-0.1, -0.05) is 237 Å². The number of nitrogens with zero attached hydrogens (tertiary/aromatic N) is 1. The fourth-order valence-electron chi connectivity index (χ4n) is 7.46. The lowest BCUT2D eigenvalue weighted by Crippen LogP contribution is -2.46. The van der Waals surface area contributed by atoms with Crippen LogP contribution in [0.5, 0.6) is 0 Å². The van der Waals surface area contributed by atoms with Crippen molar-refractivity contribution in [3.8, 4) is 0 Å². The number of nitrogens with one attached hydrogen (secondary N) is 1. The molecule has 0 aromatic carbocycles. The molecule has 0 saturated carbocycles. The van der Waals surface area contributed by atoms with Crippen molar-refractivity contribution < 1.29 is 32.9 Å². The fourth-order valence-corrected chi connectivity index (χ4v) is 8.20. The largest absolute Gasteiger partial charge is 0.472 e. The van der Waals surface area contributed by atoms with Crippen molar-refractivity contribution in [3.63, 3.8) is 0 Å². The van der Waals surface area contributed by atoms with Crippen LogP contribution in [0.25, 0.3) is 0 Å². The van der Waals surface area contributed by atoms with Gasteiger partial charge in [-0.2, -0.15) is 0 Å². The van der Waals surface area contributed by atoms with Gasteiger partial charge in [0.2, 0.25) is 5.91 Å². The molecule has 3 unspecified atom stereocenters. The first kappa shape index (κ1) is 68.6. The van der Waals surface area contributed by atoms with Crippen molar-refractivity contribution >= 4 is 13.7 Å². The zero-order valence-corrected chi connectivity index (χ0v) is 47.5. The fraction of sp³-hybridized carbons (Fsp3) is 0.635. The van der Waals surface area contributed by atoms with E-state index in [2.05, 4.69) is 153 Å². The van der Waals surface area contributed by atoms with Crippen LogP contribution in [0.3, 0.4) is 0 Å². The standard InChI is InChI=1S/C63H107N2O6P/c1-6-8-10-12-14-16-17-18-19-20-21-22-23-24-25-26-27-28-29-30-31-32-33-34-35-36-37-38-39-40-41-42-43-44-45-46-47-49-51-53-55-57-63(67)64-61(60-71-72(68,69)70-59-58-65(3,4)5)62(66)56-54-52-50-48-15-13-11-9-7-2/h8,10,14,16,18-19,21-22,24-25,27-28,30-31,33-34,36-37,39-40,42-43,61-62,66H,6-7,9,11-13,15,17,20,23,26,29,32,35,38,41,44-60H2,1-5H3,(H-,64,67,68,69)/p+1/b10-8-,16-14-,19-18-,22-21-,25-24-,28-27-,31-30-,34-33-,37-36-,40-39-,43-42-. The van der Waals surface area contributed by atoms with Crippen molar-refractivity contribution in [1.29, 1.82) is 0 Å². The van der Waals surface area contributed by atoms with Crippen molar-refractivity contribution in [2.24, 2.45) is 0 Å². The molecule has 0 radical (unpaired) electrons. The van der Waals surface area contributed by atoms with Gasteiger partial charge in [0.05, 0.1) is 39.9 Å². The molecular formula is C63H108N2O6P+. The van der Waals surface area contributed by atoms with Crippen LogP contribution in [-0.4, -0.2) is 73.4 Å². The maximum Gasteiger partial charge on any atom is 0.472 e. The van der Waals surface area contributed by atoms with Gasteiger partial charge in [0.25, 0.3) is 0 Å². The number of hydrogen-bond acceptors (Lipinski definition) is 5. The van der Waals surface area contributed by atoms with E-state index >= 15 is 0 Å². The number of carbonyl (C=O) groups is 1. The highest BCUT2D eigenvalue weighted by atomic mass is 31.2. The number of likely N-dealkylation sites (N-methyl/N-ethyl adjacent to an activating group) is 1. The van der Waals surface area contributed by atoms with Crippen LogP contribution in [0.2, 0.25) is 0 Å². The van der Waals surface area contributed by atoms with Gasteiger partial charge in [-0.15, -0.1) is 0 Å². The predicted octanol–water partition coefficient (Wildman–Crippen LogP) is 17.5. The molecule has 3 N–H and O–H groups in total. The van der Waals surface area contributed by atoms with Crippen molar-refractivity contribution in [2.45, 2.75) is 219 Å². The van der Waals surface area contributed by atoms with E-state index in [1.807, 2.05) is 21.1 Å². The van der Waals surface area contributed by atoms with Crippen LogP contribution in [0, 0.1) is 0 Å². The van der Waals surface area contributed by atoms with E-state index in [1.165, 1.54) is 57.8 Å². The number of rotatable bonds is 50. The third-order valence-electron chi connectivity index (χ3n) is 11.9. The number of phosphoric ester groups is 1. The quantitative estimate of drug-likeness (QED) is 0.0243. The average molecular weight is 1020 g/mol. The molecule has 0 rings (SSSR count). The molecule has 72 heavy (non-hydrogen) atoms. The number of hydrogen-bond donors (Lipinski definition) is 3. The minimum Gasteiger partial charge on any atom is -0.391 e. The minimum atomic E-state index is -4.32. The lowest BCUT2D eigenvalue weighted by Gasteiger charge is -2.26. The van der Waals surface area contributed by atoms with Crippen LogP contribution in [0.1, 0.15) is 206 Å². The normalized spacial score (nSPS) is 14.9. The van der Waals surface area contributed by atoms with E-state index in [9.17, 15) is 19.4 Å². The second-order valence-electron chi connectivity index (χ2n) is 19.9. The highest BCUT2D eigenvalue weighted by Crippen LogP contribution is 2.43. The molecule has 8 nitrogen and oxygen atoms in total. The first-order valence-corrected chi connectivity index (χ1v) is 30.0. The maximum atomic E-state index is 12.9. The smallest absolute Gasteiger partial charge is 0.391 e. The SMILES string of the molecule is CC/C=C\C/C=C\C/C=C\C/C=C\C/C=C\C/C=C\C/C=C\C/C=C\C/C=C\C/C=C\C/C=C\CCCCCCCCCC(=O)NC(COP(=O)(O)OCC[N+](C)(C)C)C(O)CCCCCCCCCCC. The number of quaternary nitrogens is 1.